The largest absolute Gasteiger partial charge is 0.423 e. The molecule has 9 heteroatoms. The lowest BCUT2D eigenvalue weighted by Gasteiger charge is -2.27. The van der Waals surface area contributed by atoms with Gasteiger partial charge in [0.1, 0.15) is 17.5 Å². The lowest BCUT2D eigenvalue weighted by molar-refractivity contribution is 0.348. The molecule has 2 aromatic rings. The molecule has 2 heterocycles. The molecule has 0 saturated carbocycles. The van der Waals surface area contributed by atoms with Crippen molar-refractivity contribution in [1.82, 2.24) is 9.13 Å². The van der Waals surface area contributed by atoms with Crippen LogP contribution in [0.1, 0.15) is 17.0 Å². The van der Waals surface area contributed by atoms with E-state index in [1.165, 1.54) is 32.3 Å². The molecule has 1 aromatic heterocycles. The van der Waals surface area contributed by atoms with Crippen molar-refractivity contribution in [2.24, 2.45) is 19.8 Å². The fraction of sp³-hybridized carbons (Fsp3) is 0.188. The molecule has 0 bridgehead atoms. The monoisotopic (exact) mass is 406 g/mol. The molecule has 25 heavy (non-hydrogen) atoms. The van der Waals surface area contributed by atoms with Crippen LogP contribution in [0.4, 0.5) is 4.39 Å². The number of allylic oxidation sites excluding steroid dienone is 1. The van der Waals surface area contributed by atoms with Crippen LogP contribution in [0.5, 0.6) is 5.88 Å². The van der Waals surface area contributed by atoms with E-state index in [1.807, 2.05) is 6.07 Å². The normalized spacial score (nSPS) is 16.2. The zero-order valence-electron chi connectivity index (χ0n) is 13.2. The summed E-state index contributed by atoms with van der Waals surface area (Å²) >= 11 is 3.09. The Hall–Kier alpha value is -2.86. The van der Waals surface area contributed by atoms with Crippen molar-refractivity contribution in [2.45, 2.75) is 5.92 Å². The van der Waals surface area contributed by atoms with Gasteiger partial charge in [0.25, 0.3) is 5.56 Å². The van der Waals surface area contributed by atoms with Crippen LogP contribution in [0.2, 0.25) is 0 Å². The Morgan fingerprint density at radius 1 is 1.32 bits per heavy atom. The highest BCUT2D eigenvalue weighted by Gasteiger charge is 2.36. The van der Waals surface area contributed by atoms with Crippen LogP contribution in [0.15, 0.2) is 43.7 Å². The van der Waals surface area contributed by atoms with Gasteiger partial charge < -0.3 is 10.5 Å². The Labute approximate surface area is 149 Å². The van der Waals surface area contributed by atoms with E-state index in [4.69, 9.17) is 10.5 Å². The number of ether oxygens (including phenoxy) is 1. The molecular formula is C16H12BrFN4O3. The lowest BCUT2D eigenvalue weighted by Crippen LogP contribution is -2.42. The maximum Gasteiger partial charge on any atom is 0.333 e. The first-order valence-electron chi connectivity index (χ1n) is 7.10. The number of nitrogens with two attached hydrogens (primary N) is 1. The summed E-state index contributed by atoms with van der Waals surface area (Å²) in [7, 11) is 2.76. The summed E-state index contributed by atoms with van der Waals surface area (Å²) in [6.07, 6.45) is 0. The summed E-state index contributed by atoms with van der Waals surface area (Å²) in [5, 5.41) is 9.50. The summed E-state index contributed by atoms with van der Waals surface area (Å²) in [6, 6.07) is 6.07. The van der Waals surface area contributed by atoms with Gasteiger partial charge in [-0.05, 0) is 33.6 Å². The molecule has 0 saturated heterocycles. The van der Waals surface area contributed by atoms with Crippen molar-refractivity contribution < 1.29 is 9.13 Å². The van der Waals surface area contributed by atoms with Gasteiger partial charge in [-0.15, -0.1) is 0 Å². The van der Waals surface area contributed by atoms with E-state index in [0.717, 1.165) is 9.13 Å². The maximum absolute atomic E-state index is 13.6. The molecule has 0 unspecified atom stereocenters. The van der Waals surface area contributed by atoms with Crippen molar-refractivity contribution in [3.63, 3.8) is 0 Å². The first-order chi connectivity index (χ1) is 11.8. The second-order valence-electron chi connectivity index (χ2n) is 5.52. The molecule has 128 valence electrons. The summed E-state index contributed by atoms with van der Waals surface area (Å²) in [5.74, 6) is -1.60. The minimum Gasteiger partial charge on any atom is -0.423 e. The smallest absolute Gasteiger partial charge is 0.333 e. The van der Waals surface area contributed by atoms with Gasteiger partial charge in [0.2, 0.25) is 11.8 Å². The third-order valence-corrected chi connectivity index (χ3v) is 4.70. The molecule has 2 N–H and O–H groups in total. The zero-order chi connectivity index (χ0) is 18.5. The number of nitriles is 1. The highest BCUT2D eigenvalue weighted by molar-refractivity contribution is 9.10. The number of benzene rings is 1. The van der Waals surface area contributed by atoms with Crippen molar-refractivity contribution in [2.75, 3.05) is 0 Å². The second-order valence-corrected chi connectivity index (χ2v) is 6.38. The number of nitrogens with zero attached hydrogens (tertiary/aromatic N) is 3. The topological polar surface area (TPSA) is 103 Å². The van der Waals surface area contributed by atoms with Crippen LogP contribution in [-0.4, -0.2) is 9.13 Å². The summed E-state index contributed by atoms with van der Waals surface area (Å²) in [4.78, 5) is 24.8. The van der Waals surface area contributed by atoms with Gasteiger partial charge in [0, 0.05) is 14.1 Å². The Morgan fingerprint density at radius 3 is 2.60 bits per heavy atom. The minimum atomic E-state index is -0.879. The average molecular weight is 407 g/mol. The summed E-state index contributed by atoms with van der Waals surface area (Å²) in [5.41, 5.74) is 5.21. The fourth-order valence-electron chi connectivity index (χ4n) is 2.81. The van der Waals surface area contributed by atoms with E-state index in [2.05, 4.69) is 15.9 Å². The molecular weight excluding hydrogens is 395 g/mol. The third-order valence-electron chi connectivity index (χ3n) is 4.09. The van der Waals surface area contributed by atoms with E-state index in [-0.39, 0.29) is 27.4 Å². The highest BCUT2D eigenvalue weighted by atomic mass is 79.9. The van der Waals surface area contributed by atoms with E-state index in [9.17, 15) is 19.2 Å². The quantitative estimate of drug-likeness (QED) is 0.766. The van der Waals surface area contributed by atoms with Gasteiger partial charge in [-0.25, -0.2) is 9.18 Å². The molecule has 0 amide bonds. The standard InChI is InChI=1S/C16H12BrFN4O3/c1-21-14(23)12-11(7-3-4-10(18)9(17)5-7)8(6-19)13(20)25-15(12)22(2)16(21)24/h3-5,11H,20H2,1-2H3/t11-/m0/s1. The Kier molecular flexibility index (Phi) is 4.00. The van der Waals surface area contributed by atoms with Crippen LogP contribution in [-0.2, 0) is 14.1 Å². The average Bonchev–Trinajstić information content (AvgIpc) is 2.59. The molecule has 1 atom stereocenters. The van der Waals surface area contributed by atoms with Crippen LogP contribution in [0.25, 0.3) is 0 Å². The third kappa shape index (κ3) is 2.46. The predicted molar refractivity (Wildman–Crippen MR) is 90.3 cm³/mol. The minimum absolute atomic E-state index is 0.0155. The molecule has 0 radical (unpaired) electrons. The molecule has 1 aromatic carbocycles. The van der Waals surface area contributed by atoms with Crippen LogP contribution in [0.3, 0.4) is 0 Å². The number of fused-ring (bicyclic) bond motifs is 1. The Bertz CT molecular complexity index is 1090. The number of rotatable bonds is 1. The number of halogens is 2. The van der Waals surface area contributed by atoms with Gasteiger partial charge in [0.15, 0.2) is 0 Å². The van der Waals surface area contributed by atoms with E-state index in [1.54, 1.807) is 0 Å². The fourth-order valence-corrected chi connectivity index (χ4v) is 3.21. The van der Waals surface area contributed by atoms with Crippen molar-refractivity contribution in [1.29, 1.82) is 5.26 Å². The van der Waals surface area contributed by atoms with Gasteiger partial charge in [-0.3, -0.25) is 13.9 Å². The summed E-state index contributed by atoms with van der Waals surface area (Å²) in [6.45, 7) is 0. The van der Waals surface area contributed by atoms with Crippen molar-refractivity contribution in [3.8, 4) is 11.9 Å². The van der Waals surface area contributed by atoms with E-state index >= 15 is 0 Å². The van der Waals surface area contributed by atoms with Gasteiger partial charge in [-0.1, -0.05) is 6.07 Å². The van der Waals surface area contributed by atoms with Crippen LogP contribution < -0.4 is 21.7 Å². The molecule has 0 spiro atoms. The lowest BCUT2D eigenvalue weighted by atomic mass is 9.85. The van der Waals surface area contributed by atoms with Crippen LogP contribution >= 0.6 is 15.9 Å². The molecule has 0 fully saturated rings. The number of aromatic nitrogens is 2. The van der Waals surface area contributed by atoms with Crippen molar-refractivity contribution >= 4 is 15.9 Å². The Balaban J connectivity index is 2.42. The maximum atomic E-state index is 13.6. The molecule has 3 rings (SSSR count). The highest BCUT2D eigenvalue weighted by Crippen LogP contribution is 2.40. The molecule has 1 aliphatic heterocycles. The zero-order valence-corrected chi connectivity index (χ0v) is 14.8. The first kappa shape index (κ1) is 17.0. The SMILES string of the molecule is Cn1c2c(c(=O)n(C)c1=O)[C@@H](c1ccc(F)c(Br)c1)C(C#N)=C(N)O2. The predicted octanol–water partition coefficient (Wildman–Crippen LogP) is 1.20. The van der Waals surface area contributed by atoms with Crippen molar-refractivity contribution in [3.05, 3.63) is 71.9 Å². The molecule has 1 aliphatic rings. The van der Waals surface area contributed by atoms with E-state index < -0.39 is 23.0 Å². The molecule has 7 nitrogen and oxygen atoms in total. The number of hydrogen-bond donors (Lipinski definition) is 1. The van der Waals surface area contributed by atoms with E-state index in [0.29, 0.717) is 5.56 Å². The Morgan fingerprint density at radius 2 is 2.00 bits per heavy atom. The van der Waals surface area contributed by atoms with Gasteiger partial charge in [-0.2, -0.15) is 5.26 Å². The summed E-state index contributed by atoms with van der Waals surface area (Å²) < 4.78 is 21.2. The van der Waals surface area contributed by atoms with Crippen LogP contribution in [0, 0.1) is 17.1 Å². The van der Waals surface area contributed by atoms with Gasteiger partial charge in [0.05, 0.1) is 16.0 Å². The first-order valence-corrected chi connectivity index (χ1v) is 7.89. The second kappa shape index (κ2) is 5.89. The number of hydrogen-bond acceptors (Lipinski definition) is 5. The van der Waals surface area contributed by atoms with Gasteiger partial charge >= 0.3 is 5.69 Å². The molecule has 0 aliphatic carbocycles.